The minimum atomic E-state index is -4.41. The zero-order valence-corrected chi connectivity index (χ0v) is 8.14. The molecule has 0 N–H and O–H groups in total. The Balaban J connectivity index is 2.44. The van der Waals surface area contributed by atoms with Crippen LogP contribution in [-0.4, -0.2) is 9.97 Å². The Labute approximate surface area is 87.4 Å². The molecule has 0 fully saturated rings. The average Bonchev–Trinajstić information content (AvgIpc) is 2.69. The average molecular weight is 230 g/mol. The first kappa shape index (κ1) is 10.1. The van der Waals surface area contributed by atoms with Crippen LogP contribution in [0, 0.1) is 0 Å². The molecule has 2 heterocycles. The van der Waals surface area contributed by atoms with Crippen LogP contribution < -0.4 is 0 Å². The largest absolute Gasteiger partial charge is 0.433 e. The van der Waals surface area contributed by atoms with Gasteiger partial charge in [-0.1, -0.05) is 0 Å². The zero-order valence-electron chi connectivity index (χ0n) is 7.32. The van der Waals surface area contributed by atoms with Crippen molar-refractivity contribution in [3.8, 4) is 10.6 Å². The van der Waals surface area contributed by atoms with Gasteiger partial charge in [0.05, 0.1) is 0 Å². The maximum atomic E-state index is 12.3. The molecule has 6 heteroatoms. The lowest BCUT2D eigenvalue weighted by molar-refractivity contribution is -0.141. The molecule has 0 amide bonds. The molecule has 0 bridgehead atoms. The van der Waals surface area contributed by atoms with Crippen molar-refractivity contribution in [3.05, 3.63) is 35.6 Å². The second kappa shape index (κ2) is 3.62. The van der Waals surface area contributed by atoms with E-state index in [1.54, 1.807) is 11.6 Å². The molecule has 0 unspecified atom stereocenters. The van der Waals surface area contributed by atoms with Gasteiger partial charge in [-0.15, -0.1) is 11.3 Å². The molecule has 0 radical (unpaired) electrons. The SMILES string of the molecule is FC(F)(F)c1cc(-c2nccs2)ccn1. The van der Waals surface area contributed by atoms with Crippen molar-refractivity contribution in [1.29, 1.82) is 0 Å². The summed E-state index contributed by atoms with van der Waals surface area (Å²) in [5.41, 5.74) is -0.456. The lowest BCUT2D eigenvalue weighted by Crippen LogP contribution is -2.07. The summed E-state index contributed by atoms with van der Waals surface area (Å²) in [4.78, 5) is 7.21. The maximum absolute atomic E-state index is 12.3. The predicted molar refractivity (Wildman–Crippen MR) is 50.3 cm³/mol. The highest BCUT2D eigenvalue weighted by Crippen LogP contribution is 2.30. The summed E-state index contributed by atoms with van der Waals surface area (Å²) in [5, 5.41) is 2.27. The van der Waals surface area contributed by atoms with Crippen LogP contribution in [0.2, 0.25) is 0 Å². The Morgan fingerprint density at radius 3 is 2.53 bits per heavy atom. The molecule has 0 aromatic carbocycles. The van der Waals surface area contributed by atoms with Crippen LogP contribution in [0.5, 0.6) is 0 Å². The minimum Gasteiger partial charge on any atom is -0.252 e. The molecule has 2 aromatic rings. The molecule has 0 aliphatic heterocycles. The molecular formula is C9H5F3N2S. The summed E-state index contributed by atoms with van der Waals surface area (Å²) in [6.45, 7) is 0. The number of rotatable bonds is 1. The van der Waals surface area contributed by atoms with E-state index < -0.39 is 11.9 Å². The van der Waals surface area contributed by atoms with Gasteiger partial charge in [0.1, 0.15) is 10.7 Å². The first-order valence-electron chi connectivity index (χ1n) is 4.00. The smallest absolute Gasteiger partial charge is 0.252 e. The molecule has 0 aliphatic carbocycles. The van der Waals surface area contributed by atoms with Crippen LogP contribution in [0.3, 0.4) is 0 Å². The highest BCUT2D eigenvalue weighted by Gasteiger charge is 2.32. The Bertz CT molecular complexity index is 451. The van der Waals surface area contributed by atoms with Crippen molar-refractivity contribution < 1.29 is 13.2 Å². The monoisotopic (exact) mass is 230 g/mol. The van der Waals surface area contributed by atoms with Gasteiger partial charge >= 0.3 is 6.18 Å². The van der Waals surface area contributed by atoms with E-state index in [9.17, 15) is 13.2 Å². The molecule has 0 saturated carbocycles. The number of hydrogen-bond donors (Lipinski definition) is 0. The van der Waals surface area contributed by atoms with E-state index in [2.05, 4.69) is 9.97 Å². The number of halogens is 3. The van der Waals surface area contributed by atoms with Crippen LogP contribution in [0.1, 0.15) is 5.69 Å². The summed E-state index contributed by atoms with van der Waals surface area (Å²) in [5.74, 6) is 0. The topological polar surface area (TPSA) is 25.8 Å². The Morgan fingerprint density at radius 1 is 1.13 bits per heavy atom. The normalized spacial score (nSPS) is 11.7. The van der Waals surface area contributed by atoms with E-state index in [-0.39, 0.29) is 0 Å². The maximum Gasteiger partial charge on any atom is 0.433 e. The van der Waals surface area contributed by atoms with Gasteiger partial charge in [-0.05, 0) is 12.1 Å². The molecule has 0 atom stereocenters. The van der Waals surface area contributed by atoms with Gasteiger partial charge in [-0.3, -0.25) is 4.98 Å². The fourth-order valence-corrected chi connectivity index (χ4v) is 1.72. The van der Waals surface area contributed by atoms with Crippen LogP contribution >= 0.6 is 11.3 Å². The minimum absolute atomic E-state index is 0.437. The molecular weight excluding hydrogens is 225 g/mol. The van der Waals surface area contributed by atoms with Gasteiger partial charge in [0.25, 0.3) is 0 Å². The molecule has 0 spiro atoms. The zero-order chi connectivity index (χ0) is 10.9. The molecule has 0 saturated heterocycles. The van der Waals surface area contributed by atoms with Crippen molar-refractivity contribution in [1.82, 2.24) is 9.97 Å². The highest BCUT2D eigenvalue weighted by atomic mass is 32.1. The van der Waals surface area contributed by atoms with Crippen molar-refractivity contribution >= 4 is 11.3 Å². The number of thiazole rings is 1. The van der Waals surface area contributed by atoms with Crippen LogP contribution in [0.25, 0.3) is 10.6 Å². The Hall–Kier alpha value is -1.43. The van der Waals surface area contributed by atoms with Crippen LogP contribution in [0.15, 0.2) is 29.9 Å². The fourth-order valence-electron chi connectivity index (χ4n) is 1.08. The number of alkyl halides is 3. The third kappa shape index (κ3) is 2.15. The van der Waals surface area contributed by atoms with E-state index in [0.717, 1.165) is 12.3 Å². The highest BCUT2D eigenvalue weighted by molar-refractivity contribution is 7.13. The second-order valence-electron chi connectivity index (χ2n) is 2.76. The number of aromatic nitrogens is 2. The van der Waals surface area contributed by atoms with Crippen molar-refractivity contribution in [2.75, 3.05) is 0 Å². The third-order valence-electron chi connectivity index (χ3n) is 1.73. The molecule has 78 valence electrons. The van der Waals surface area contributed by atoms with E-state index in [4.69, 9.17) is 0 Å². The quantitative estimate of drug-likeness (QED) is 0.751. The van der Waals surface area contributed by atoms with E-state index in [1.165, 1.54) is 17.4 Å². The summed E-state index contributed by atoms with van der Waals surface area (Å²) >= 11 is 1.29. The van der Waals surface area contributed by atoms with Gasteiger partial charge in [0.2, 0.25) is 0 Å². The van der Waals surface area contributed by atoms with Crippen molar-refractivity contribution in [2.24, 2.45) is 0 Å². The Kier molecular flexibility index (Phi) is 2.44. The predicted octanol–water partition coefficient (Wildman–Crippen LogP) is 3.22. The molecule has 2 nitrogen and oxygen atoms in total. The van der Waals surface area contributed by atoms with E-state index in [1.807, 2.05) is 0 Å². The standard InChI is InChI=1S/C9H5F3N2S/c10-9(11,12)7-5-6(1-2-13-7)8-14-3-4-15-8/h1-5H. The van der Waals surface area contributed by atoms with Crippen molar-refractivity contribution in [2.45, 2.75) is 6.18 Å². The molecule has 15 heavy (non-hydrogen) atoms. The van der Waals surface area contributed by atoms with E-state index in [0.29, 0.717) is 10.6 Å². The number of nitrogens with zero attached hydrogens (tertiary/aromatic N) is 2. The fraction of sp³-hybridized carbons (Fsp3) is 0.111. The summed E-state index contributed by atoms with van der Waals surface area (Å²) < 4.78 is 37.0. The van der Waals surface area contributed by atoms with Crippen LogP contribution in [0.4, 0.5) is 13.2 Å². The first-order valence-corrected chi connectivity index (χ1v) is 4.88. The van der Waals surface area contributed by atoms with Gasteiger partial charge in [-0.25, -0.2) is 4.98 Å². The number of hydrogen-bond acceptors (Lipinski definition) is 3. The molecule has 0 aliphatic rings. The third-order valence-corrected chi connectivity index (χ3v) is 2.55. The first-order chi connectivity index (χ1) is 7.07. The summed E-state index contributed by atoms with van der Waals surface area (Å²) in [7, 11) is 0. The van der Waals surface area contributed by atoms with Gasteiger partial charge in [0, 0.05) is 23.3 Å². The van der Waals surface area contributed by atoms with Crippen LogP contribution in [-0.2, 0) is 6.18 Å². The molecule has 2 rings (SSSR count). The van der Waals surface area contributed by atoms with E-state index >= 15 is 0 Å². The molecule has 2 aromatic heterocycles. The Morgan fingerprint density at radius 2 is 1.93 bits per heavy atom. The summed E-state index contributed by atoms with van der Waals surface area (Å²) in [6, 6.07) is 2.51. The van der Waals surface area contributed by atoms with Gasteiger partial charge in [-0.2, -0.15) is 13.2 Å². The van der Waals surface area contributed by atoms with Gasteiger partial charge in [0.15, 0.2) is 0 Å². The van der Waals surface area contributed by atoms with Gasteiger partial charge < -0.3 is 0 Å². The summed E-state index contributed by atoms with van der Waals surface area (Å²) in [6.07, 6.45) is -1.72. The second-order valence-corrected chi connectivity index (χ2v) is 3.66. The van der Waals surface area contributed by atoms with Crippen molar-refractivity contribution in [3.63, 3.8) is 0 Å². The lowest BCUT2D eigenvalue weighted by atomic mass is 10.2. The number of pyridine rings is 1. The lowest BCUT2D eigenvalue weighted by Gasteiger charge is -2.05.